The first-order chi connectivity index (χ1) is 22.3. The third-order valence-corrected chi connectivity index (χ3v) is 7.68. The minimum Gasteiger partial charge on any atom is -0.374 e. The van der Waals surface area contributed by atoms with Crippen molar-refractivity contribution in [2.75, 3.05) is 13.2 Å². The molecule has 0 saturated carbocycles. The summed E-state index contributed by atoms with van der Waals surface area (Å²) in [4.78, 5) is 0. The number of benzene rings is 4. The Balaban J connectivity index is 1.41. The third kappa shape index (κ3) is 10.5. The van der Waals surface area contributed by atoms with Crippen molar-refractivity contribution in [3.8, 4) is 0 Å². The molecule has 5 rings (SSSR count). The summed E-state index contributed by atoms with van der Waals surface area (Å²) in [6.07, 6.45) is 0.896. The van der Waals surface area contributed by atoms with Crippen LogP contribution in [0.3, 0.4) is 0 Å². The largest absolute Gasteiger partial charge is 0.374 e. The van der Waals surface area contributed by atoms with Crippen LogP contribution in [0.4, 0.5) is 0 Å². The van der Waals surface area contributed by atoms with Gasteiger partial charge in [-0.2, -0.15) is 0 Å². The highest BCUT2D eigenvalue weighted by atomic mass is 16.7. The maximum Gasteiger partial charge on any atom is 0.186 e. The van der Waals surface area contributed by atoms with Gasteiger partial charge in [-0.25, -0.2) is 0 Å². The zero-order chi connectivity index (χ0) is 30.9. The van der Waals surface area contributed by atoms with Crippen LogP contribution in [0.15, 0.2) is 134 Å². The molecule has 0 unspecified atom stereocenters. The van der Waals surface area contributed by atoms with Gasteiger partial charge in [0.2, 0.25) is 0 Å². The van der Waals surface area contributed by atoms with E-state index in [2.05, 4.69) is 43.0 Å². The molecule has 0 bridgehead atoms. The van der Waals surface area contributed by atoms with Crippen molar-refractivity contribution in [1.82, 2.24) is 0 Å². The lowest BCUT2D eigenvalue weighted by Crippen LogP contribution is -2.61. The van der Waals surface area contributed by atoms with Gasteiger partial charge in [0.1, 0.15) is 24.4 Å². The molecule has 0 radical (unpaired) electrons. The predicted molar refractivity (Wildman–Crippen MR) is 175 cm³/mol. The van der Waals surface area contributed by atoms with Gasteiger partial charge in [-0.3, -0.25) is 0 Å². The van der Waals surface area contributed by atoms with E-state index in [1.54, 1.807) is 0 Å². The number of unbranched alkanes of at least 4 members (excludes halogenated alkanes) is 1. The standard InChI is InChI=1S/C39H44O6/c1-2-3-16-25-41-39-38(44-29-34-23-14-7-15-24-34)37(43-28-33-21-12-6-13-22-33)36(42-27-32-19-10-5-11-20-32)35(45-39)30-40-26-31-17-8-4-9-18-31/h2,4-15,17-24,35-39H,1,3,16,25-30H2/t35-,36-,37+,38-,39+/m1/s1. The van der Waals surface area contributed by atoms with E-state index in [4.69, 9.17) is 28.4 Å². The average Bonchev–Trinajstić information content (AvgIpc) is 3.10. The molecular weight excluding hydrogens is 564 g/mol. The molecule has 1 saturated heterocycles. The molecule has 1 fully saturated rings. The highest BCUT2D eigenvalue weighted by Gasteiger charge is 2.49. The quantitative estimate of drug-likeness (QED) is 0.0854. The second-order valence-corrected chi connectivity index (χ2v) is 11.1. The fourth-order valence-electron chi connectivity index (χ4n) is 5.31. The summed E-state index contributed by atoms with van der Waals surface area (Å²) < 4.78 is 39.4. The predicted octanol–water partition coefficient (Wildman–Crippen LogP) is 7.67. The first-order valence-electron chi connectivity index (χ1n) is 15.8. The summed E-state index contributed by atoms with van der Waals surface area (Å²) in [7, 11) is 0. The summed E-state index contributed by atoms with van der Waals surface area (Å²) in [6.45, 7) is 6.28. The Bertz CT molecular complexity index is 1350. The van der Waals surface area contributed by atoms with E-state index in [1.165, 1.54) is 0 Å². The Morgan fingerprint density at radius 2 is 0.978 bits per heavy atom. The van der Waals surface area contributed by atoms with Crippen molar-refractivity contribution in [2.24, 2.45) is 0 Å². The molecule has 0 amide bonds. The summed E-state index contributed by atoms with van der Waals surface area (Å²) in [6, 6.07) is 40.5. The number of hydrogen-bond acceptors (Lipinski definition) is 6. The van der Waals surface area contributed by atoms with Crippen LogP contribution in [0.25, 0.3) is 0 Å². The van der Waals surface area contributed by atoms with Gasteiger partial charge in [-0.15, -0.1) is 6.58 Å². The Kier molecular flexibility index (Phi) is 13.4. The zero-order valence-corrected chi connectivity index (χ0v) is 25.8. The monoisotopic (exact) mass is 608 g/mol. The topological polar surface area (TPSA) is 55.4 Å². The molecule has 45 heavy (non-hydrogen) atoms. The minimum atomic E-state index is -0.679. The Morgan fingerprint density at radius 3 is 1.47 bits per heavy atom. The molecule has 1 aliphatic heterocycles. The van der Waals surface area contributed by atoms with E-state index in [0.29, 0.717) is 39.6 Å². The van der Waals surface area contributed by atoms with Crippen LogP contribution in [0.2, 0.25) is 0 Å². The second-order valence-electron chi connectivity index (χ2n) is 11.1. The number of rotatable bonds is 18. The Labute approximate surface area is 267 Å². The van der Waals surface area contributed by atoms with Crippen LogP contribution >= 0.6 is 0 Å². The smallest absolute Gasteiger partial charge is 0.186 e. The Hall–Kier alpha value is -3.62. The van der Waals surface area contributed by atoms with E-state index < -0.39 is 30.7 Å². The highest BCUT2D eigenvalue weighted by molar-refractivity contribution is 5.16. The van der Waals surface area contributed by atoms with Crippen LogP contribution in [0, 0.1) is 0 Å². The maximum absolute atomic E-state index is 6.74. The molecular formula is C39H44O6. The van der Waals surface area contributed by atoms with Gasteiger partial charge in [-0.05, 0) is 35.1 Å². The molecule has 0 aliphatic carbocycles. The molecule has 0 aromatic heterocycles. The van der Waals surface area contributed by atoms with Gasteiger partial charge in [0.25, 0.3) is 0 Å². The average molecular weight is 609 g/mol. The van der Waals surface area contributed by atoms with E-state index >= 15 is 0 Å². The number of allylic oxidation sites excluding steroid dienone is 1. The first kappa shape index (κ1) is 32.8. The van der Waals surface area contributed by atoms with Crippen molar-refractivity contribution in [3.05, 3.63) is 156 Å². The second kappa shape index (κ2) is 18.4. The fraction of sp³-hybridized carbons (Fsp3) is 0.333. The summed E-state index contributed by atoms with van der Waals surface area (Å²) >= 11 is 0. The molecule has 1 heterocycles. The van der Waals surface area contributed by atoms with E-state index in [-0.39, 0.29) is 0 Å². The fourth-order valence-corrected chi connectivity index (χ4v) is 5.31. The van der Waals surface area contributed by atoms with Crippen LogP contribution in [0.1, 0.15) is 35.1 Å². The van der Waals surface area contributed by atoms with E-state index in [9.17, 15) is 0 Å². The van der Waals surface area contributed by atoms with Gasteiger partial charge in [0.05, 0.1) is 39.6 Å². The van der Waals surface area contributed by atoms with Crippen molar-refractivity contribution in [3.63, 3.8) is 0 Å². The van der Waals surface area contributed by atoms with Gasteiger partial charge < -0.3 is 28.4 Å². The van der Waals surface area contributed by atoms with Crippen LogP contribution in [-0.4, -0.2) is 43.9 Å². The van der Waals surface area contributed by atoms with Gasteiger partial charge in [0.15, 0.2) is 6.29 Å². The minimum absolute atomic E-state index is 0.303. The molecule has 0 N–H and O–H groups in total. The van der Waals surface area contributed by atoms with E-state index in [0.717, 1.165) is 35.1 Å². The molecule has 5 atom stereocenters. The van der Waals surface area contributed by atoms with Gasteiger partial charge in [0, 0.05) is 0 Å². The lowest BCUT2D eigenvalue weighted by Gasteiger charge is -2.46. The van der Waals surface area contributed by atoms with Crippen LogP contribution in [0.5, 0.6) is 0 Å². The van der Waals surface area contributed by atoms with Gasteiger partial charge in [-0.1, -0.05) is 127 Å². The molecule has 4 aromatic carbocycles. The highest BCUT2D eigenvalue weighted by Crippen LogP contribution is 2.32. The van der Waals surface area contributed by atoms with E-state index in [1.807, 2.05) is 91.0 Å². The normalized spacial score (nSPS) is 21.4. The molecule has 6 heteroatoms. The molecule has 6 nitrogen and oxygen atoms in total. The Morgan fingerprint density at radius 1 is 0.533 bits per heavy atom. The first-order valence-corrected chi connectivity index (χ1v) is 15.8. The summed E-state index contributed by atoms with van der Waals surface area (Å²) in [5, 5.41) is 0. The lowest BCUT2D eigenvalue weighted by molar-refractivity contribution is -0.328. The van der Waals surface area contributed by atoms with Crippen LogP contribution in [-0.2, 0) is 54.8 Å². The third-order valence-electron chi connectivity index (χ3n) is 7.68. The SMILES string of the molecule is C=CCCCO[C@H]1O[C@H](COCc2ccccc2)[C@@H](OCc2ccccc2)[C@H](OCc2ccccc2)[C@H]1OCc1ccccc1. The molecule has 236 valence electrons. The number of ether oxygens (including phenoxy) is 6. The van der Waals surface area contributed by atoms with Crippen molar-refractivity contribution in [1.29, 1.82) is 0 Å². The zero-order valence-electron chi connectivity index (χ0n) is 25.8. The summed E-state index contributed by atoms with van der Waals surface area (Å²) in [5.41, 5.74) is 4.27. The van der Waals surface area contributed by atoms with Crippen molar-refractivity contribution < 1.29 is 28.4 Å². The van der Waals surface area contributed by atoms with Crippen molar-refractivity contribution >= 4 is 0 Å². The molecule has 4 aromatic rings. The van der Waals surface area contributed by atoms with Gasteiger partial charge >= 0.3 is 0 Å². The molecule has 1 aliphatic rings. The molecule has 0 spiro atoms. The van der Waals surface area contributed by atoms with Crippen LogP contribution < -0.4 is 0 Å². The lowest BCUT2D eigenvalue weighted by atomic mass is 9.97. The summed E-state index contributed by atoms with van der Waals surface area (Å²) in [5.74, 6) is 0. The number of hydrogen-bond donors (Lipinski definition) is 0. The maximum atomic E-state index is 6.74. The van der Waals surface area contributed by atoms with Crippen molar-refractivity contribution in [2.45, 2.75) is 70.0 Å².